The van der Waals surface area contributed by atoms with Gasteiger partial charge < -0.3 is 19.8 Å². The van der Waals surface area contributed by atoms with Crippen molar-refractivity contribution >= 4 is 27.5 Å². The number of rotatable bonds is 4. The molecule has 4 heterocycles. The molecule has 3 unspecified atom stereocenters. The van der Waals surface area contributed by atoms with E-state index in [9.17, 15) is 0 Å². The lowest BCUT2D eigenvalue weighted by atomic mass is 9.96. The van der Waals surface area contributed by atoms with E-state index in [1.807, 2.05) is 30.3 Å². The Hall–Kier alpha value is -2.38. The van der Waals surface area contributed by atoms with Crippen LogP contribution >= 0.6 is 11.3 Å². The molecule has 2 bridgehead atoms. The van der Waals surface area contributed by atoms with Gasteiger partial charge in [0.2, 0.25) is 0 Å². The van der Waals surface area contributed by atoms with E-state index < -0.39 is 0 Å². The van der Waals surface area contributed by atoms with Crippen LogP contribution in [0.15, 0.2) is 45.8 Å². The first-order valence-corrected chi connectivity index (χ1v) is 10.2. The number of fused-ring (bicyclic) bond motifs is 3. The van der Waals surface area contributed by atoms with Gasteiger partial charge in [-0.3, -0.25) is 4.99 Å². The zero-order valence-corrected chi connectivity index (χ0v) is 16.0. The number of thiazole rings is 1. The van der Waals surface area contributed by atoms with Gasteiger partial charge in [0, 0.05) is 7.05 Å². The molecular formula is C20H22N4O2S. The molecule has 0 spiro atoms. The molecule has 140 valence electrons. The smallest absolute Gasteiger partial charge is 0.191 e. The van der Waals surface area contributed by atoms with E-state index in [2.05, 4.69) is 26.7 Å². The number of aliphatic imine (C=N–C) groups is 1. The minimum Gasteiger partial charge on any atom is -0.457 e. The van der Waals surface area contributed by atoms with E-state index in [0.717, 1.165) is 40.8 Å². The fraction of sp³-hybridized carbons (Fsp3) is 0.400. The molecule has 0 saturated carbocycles. The standard InChI is InChI=1S/C20H22N4O2S/c1-21-20(24-15-10-12-6-8-16(15)25-12)22-11-13-7-9-17(26-13)19-23-14-4-2-3-5-18(14)27-19/h2-5,7,9,12,15-16H,6,8,10-11H2,1H3,(H2,21,22,24). The van der Waals surface area contributed by atoms with E-state index in [1.165, 1.54) is 11.1 Å². The number of hydrogen-bond donors (Lipinski definition) is 2. The number of aromatic nitrogens is 1. The molecule has 6 nitrogen and oxygen atoms in total. The maximum atomic E-state index is 5.99. The zero-order valence-electron chi connectivity index (χ0n) is 15.1. The largest absolute Gasteiger partial charge is 0.457 e. The molecule has 2 fully saturated rings. The molecule has 2 saturated heterocycles. The van der Waals surface area contributed by atoms with Crippen LogP contribution in [-0.4, -0.2) is 36.2 Å². The Morgan fingerprint density at radius 3 is 2.96 bits per heavy atom. The molecule has 0 amide bonds. The molecule has 2 aromatic heterocycles. The molecule has 2 aliphatic rings. The van der Waals surface area contributed by atoms with E-state index in [-0.39, 0.29) is 0 Å². The minimum absolute atomic E-state index is 0.322. The third-order valence-corrected chi connectivity index (χ3v) is 6.30. The number of benzene rings is 1. The number of guanidine groups is 1. The molecule has 5 rings (SSSR count). The lowest BCUT2D eigenvalue weighted by Crippen LogP contribution is -2.47. The average Bonchev–Trinajstić information content (AvgIpc) is 3.47. The third-order valence-electron chi connectivity index (χ3n) is 5.25. The monoisotopic (exact) mass is 382 g/mol. The predicted molar refractivity (Wildman–Crippen MR) is 107 cm³/mol. The van der Waals surface area contributed by atoms with Crippen LogP contribution in [0.5, 0.6) is 0 Å². The number of hydrogen-bond acceptors (Lipinski definition) is 5. The Morgan fingerprint density at radius 2 is 2.19 bits per heavy atom. The Bertz CT molecular complexity index is 946. The second kappa shape index (κ2) is 6.98. The quantitative estimate of drug-likeness (QED) is 0.533. The Morgan fingerprint density at radius 1 is 1.26 bits per heavy atom. The summed E-state index contributed by atoms with van der Waals surface area (Å²) in [5, 5.41) is 7.73. The maximum Gasteiger partial charge on any atom is 0.191 e. The molecule has 27 heavy (non-hydrogen) atoms. The highest BCUT2D eigenvalue weighted by Gasteiger charge is 2.41. The fourth-order valence-corrected chi connectivity index (χ4v) is 4.82. The molecular weight excluding hydrogens is 360 g/mol. The number of nitrogens with zero attached hydrogens (tertiary/aromatic N) is 2. The van der Waals surface area contributed by atoms with Crippen LogP contribution in [-0.2, 0) is 11.3 Å². The van der Waals surface area contributed by atoms with Crippen LogP contribution in [0.25, 0.3) is 21.0 Å². The van der Waals surface area contributed by atoms with Gasteiger partial charge in [-0.05, 0) is 43.5 Å². The fourth-order valence-electron chi connectivity index (χ4n) is 3.90. The SMILES string of the molecule is CN=C(NCc1ccc(-c2nc3ccccc3s2)o1)NC1CC2CCC1O2. The van der Waals surface area contributed by atoms with Gasteiger partial charge in [0.25, 0.3) is 0 Å². The van der Waals surface area contributed by atoms with Gasteiger partial charge in [0.1, 0.15) is 5.76 Å². The summed E-state index contributed by atoms with van der Waals surface area (Å²) >= 11 is 1.65. The molecule has 3 aromatic rings. The van der Waals surface area contributed by atoms with Crippen molar-refractivity contribution in [1.29, 1.82) is 0 Å². The van der Waals surface area contributed by atoms with Gasteiger partial charge in [0.05, 0.1) is 35.0 Å². The molecule has 0 radical (unpaired) electrons. The number of para-hydroxylation sites is 1. The normalized spacial score (nSPS) is 24.6. The second-order valence-corrected chi connectivity index (χ2v) is 8.07. The summed E-state index contributed by atoms with van der Waals surface area (Å²) in [6.07, 6.45) is 4.14. The average molecular weight is 382 g/mol. The predicted octanol–water partition coefficient (Wildman–Crippen LogP) is 3.54. The lowest BCUT2D eigenvalue weighted by Gasteiger charge is -2.22. The van der Waals surface area contributed by atoms with E-state index in [1.54, 1.807) is 18.4 Å². The van der Waals surface area contributed by atoms with Gasteiger partial charge in [-0.15, -0.1) is 11.3 Å². The highest BCUT2D eigenvalue weighted by atomic mass is 32.1. The second-order valence-electron chi connectivity index (χ2n) is 7.04. The molecule has 3 atom stereocenters. The first-order valence-electron chi connectivity index (χ1n) is 9.36. The van der Waals surface area contributed by atoms with Crippen LogP contribution in [0.1, 0.15) is 25.0 Å². The van der Waals surface area contributed by atoms with Crippen molar-refractivity contribution in [3.63, 3.8) is 0 Å². The van der Waals surface area contributed by atoms with Crippen LogP contribution in [0, 0.1) is 0 Å². The number of furan rings is 1. The van der Waals surface area contributed by atoms with Crippen molar-refractivity contribution in [3.8, 4) is 10.8 Å². The van der Waals surface area contributed by atoms with Crippen molar-refractivity contribution in [2.45, 2.75) is 44.1 Å². The summed E-state index contributed by atoms with van der Waals surface area (Å²) in [6.45, 7) is 0.576. The van der Waals surface area contributed by atoms with Crippen LogP contribution in [0.3, 0.4) is 0 Å². The van der Waals surface area contributed by atoms with E-state index >= 15 is 0 Å². The summed E-state index contributed by atoms with van der Waals surface area (Å²) in [6, 6.07) is 12.5. The summed E-state index contributed by atoms with van der Waals surface area (Å²) in [7, 11) is 1.79. The van der Waals surface area contributed by atoms with Crippen molar-refractivity contribution in [1.82, 2.24) is 15.6 Å². The Labute approximate surface area is 161 Å². The van der Waals surface area contributed by atoms with Crippen LogP contribution in [0.4, 0.5) is 0 Å². The van der Waals surface area contributed by atoms with Gasteiger partial charge >= 0.3 is 0 Å². The summed E-state index contributed by atoms with van der Waals surface area (Å²) in [5.74, 6) is 2.45. The van der Waals surface area contributed by atoms with Crippen molar-refractivity contribution < 1.29 is 9.15 Å². The van der Waals surface area contributed by atoms with Gasteiger partial charge in [0.15, 0.2) is 16.7 Å². The molecule has 2 N–H and O–H groups in total. The highest BCUT2D eigenvalue weighted by Crippen LogP contribution is 2.34. The van der Waals surface area contributed by atoms with E-state index in [4.69, 9.17) is 9.15 Å². The van der Waals surface area contributed by atoms with Crippen LogP contribution in [0.2, 0.25) is 0 Å². The van der Waals surface area contributed by atoms with E-state index in [0.29, 0.717) is 24.8 Å². The van der Waals surface area contributed by atoms with Gasteiger partial charge in [-0.2, -0.15) is 0 Å². The number of nitrogens with one attached hydrogen (secondary N) is 2. The van der Waals surface area contributed by atoms with Crippen molar-refractivity contribution in [3.05, 3.63) is 42.2 Å². The van der Waals surface area contributed by atoms with Crippen molar-refractivity contribution in [2.24, 2.45) is 4.99 Å². The van der Waals surface area contributed by atoms with Gasteiger partial charge in [-0.1, -0.05) is 12.1 Å². The minimum atomic E-state index is 0.322. The van der Waals surface area contributed by atoms with Crippen molar-refractivity contribution in [2.75, 3.05) is 7.05 Å². The van der Waals surface area contributed by atoms with Crippen LogP contribution < -0.4 is 10.6 Å². The summed E-state index contributed by atoms with van der Waals surface area (Å²) in [5.41, 5.74) is 1.01. The molecule has 7 heteroatoms. The topological polar surface area (TPSA) is 71.7 Å². The van der Waals surface area contributed by atoms with Gasteiger partial charge in [-0.25, -0.2) is 4.98 Å². The molecule has 2 aliphatic heterocycles. The molecule has 1 aromatic carbocycles. The number of ether oxygens (including phenoxy) is 1. The Balaban J connectivity index is 1.22. The summed E-state index contributed by atoms with van der Waals surface area (Å²) < 4.78 is 13.1. The highest BCUT2D eigenvalue weighted by molar-refractivity contribution is 7.21. The summed E-state index contributed by atoms with van der Waals surface area (Å²) in [4.78, 5) is 8.98. The zero-order chi connectivity index (χ0) is 18.2. The Kier molecular flexibility index (Phi) is 4.33. The first kappa shape index (κ1) is 16.8. The third kappa shape index (κ3) is 3.33. The molecule has 0 aliphatic carbocycles. The lowest BCUT2D eigenvalue weighted by molar-refractivity contribution is 0.0992. The maximum absolute atomic E-state index is 5.99. The first-order chi connectivity index (χ1) is 13.3.